The van der Waals surface area contributed by atoms with Crippen molar-refractivity contribution in [2.45, 2.75) is 45.4 Å². The Labute approximate surface area is 122 Å². The van der Waals surface area contributed by atoms with E-state index < -0.39 is 0 Å². The van der Waals surface area contributed by atoms with Crippen LogP contribution in [0.4, 0.5) is 0 Å². The number of benzene rings is 1. The van der Waals surface area contributed by atoms with Crippen molar-refractivity contribution in [2.24, 2.45) is 5.92 Å². The smallest absolute Gasteiger partial charge is 0.119 e. The first kappa shape index (κ1) is 13.9. The summed E-state index contributed by atoms with van der Waals surface area (Å²) in [6.45, 7) is 8.89. The summed E-state index contributed by atoms with van der Waals surface area (Å²) in [5, 5.41) is 3.63. The van der Waals surface area contributed by atoms with Gasteiger partial charge in [0.1, 0.15) is 5.75 Å². The van der Waals surface area contributed by atoms with Gasteiger partial charge in [0.25, 0.3) is 0 Å². The van der Waals surface area contributed by atoms with Gasteiger partial charge in [0.15, 0.2) is 0 Å². The molecular formula is C17H26N2O. The fraction of sp³-hybridized carbons (Fsp3) is 0.647. The van der Waals surface area contributed by atoms with Crippen LogP contribution in [0.2, 0.25) is 0 Å². The van der Waals surface area contributed by atoms with Crippen LogP contribution in [0.15, 0.2) is 24.3 Å². The topological polar surface area (TPSA) is 24.5 Å². The first-order valence-corrected chi connectivity index (χ1v) is 7.92. The Balaban J connectivity index is 1.55. The van der Waals surface area contributed by atoms with E-state index in [-0.39, 0.29) is 6.10 Å². The van der Waals surface area contributed by atoms with Gasteiger partial charge in [0.2, 0.25) is 0 Å². The molecule has 0 aliphatic carbocycles. The molecule has 2 fully saturated rings. The molecule has 2 saturated heterocycles. The largest absolute Gasteiger partial charge is 0.491 e. The summed E-state index contributed by atoms with van der Waals surface area (Å²) < 4.78 is 5.69. The molecule has 0 aromatic heterocycles. The molecule has 0 saturated carbocycles. The molecule has 0 bridgehead atoms. The maximum atomic E-state index is 5.69. The van der Waals surface area contributed by atoms with E-state index in [1.807, 2.05) is 0 Å². The monoisotopic (exact) mass is 274 g/mol. The minimum atomic E-state index is 0.245. The molecule has 1 aromatic rings. The number of likely N-dealkylation sites (tertiary alicyclic amines) is 1. The SMILES string of the molecule is CC(C)Oc1ccc(CN2CCC3NCCC3C2)cc1. The third-order valence-electron chi connectivity index (χ3n) is 4.44. The van der Waals surface area contributed by atoms with E-state index in [1.165, 1.54) is 38.0 Å². The summed E-state index contributed by atoms with van der Waals surface area (Å²) in [7, 11) is 0. The van der Waals surface area contributed by atoms with Crippen LogP contribution in [0, 0.1) is 5.92 Å². The summed E-state index contributed by atoms with van der Waals surface area (Å²) in [5.74, 6) is 1.84. The zero-order valence-electron chi connectivity index (χ0n) is 12.6. The van der Waals surface area contributed by atoms with Gasteiger partial charge in [-0.3, -0.25) is 4.90 Å². The lowest BCUT2D eigenvalue weighted by Crippen LogP contribution is -2.43. The Hall–Kier alpha value is -1.06. The highest BCUT2D eigenvalue weighted by molar-refractivity contribution is 5.27. The molecule has 3 rings (SSSR count). The number of fused-ring (bicyclic) bond motifs is 1. The van der Waals surface area contributed by atoms with E-state index in [0.717, 1.165) is 24.3 Å². The van der Waals surface area contributed by atoms with E-state index in [1.54, 1.807) is 0 Å². The highest BCUT2D eigenvalue weighted by Gasteiger charge is 2.32. The van der Waals surface area contributed by atoms with Crippen molar-refractivity contribution in [2.75, 3.05) is 19.6 Å². The quantitative estimate of drug-likeness (QED) is 0.913. The number of piperidine rings is 1. The van der Waals surface area contributed by atoms with Crippen LogP contribution in [-0.4, -0.2) is 36.7 Å². The number of nitrogens with zero attached hydrogens (tertiary/aromatic N) is 1. The number of ether oxygens (including phenoxy) is 1. The molecule has 1 N–H and O–H groups in total. The number of hydrogen-bond donors (Lipinski definition) is 1. The molecule has 3 heteroatoms. The van der Waals surface area contributed by atoms with Crippen LogP contribution in [0.25, 0.3) is 0 Å². The van der Waals surface area contributed by atoms with Gasteiger partial charge >= 0.3 is 0 Å². The third kappa shape index (κ3) is 3.33. The van der Waals surface area contributed by atoms with Gasteiger partial charge in [-0.25, -0.2) is 0 Å². The summed E-state index contributed by atoms with van der Waals surface area (Å²) in [6.07, 6.45) is 2.90. The minimum absolute atomic E-state index is 0.245. The van der Waals surface area contributed by atoms with Crippen molar-refractivity contribution in [1.82, 2.24) is 10.2 Å². The van der Waals surface area contributed by atoms with Gasteiger partial charge in [-0.1, -0.05) is 12.1 Å². The summed E-state index contributed by atoms with van der Waals surface area (Å²) >= 11 is 0. The van der Waals surface area contributed by atoms with E-state index in [4.69, 9.17) is 4.74 Å². The van der Waals surface area contributed by atoms with Crippen molar-refractivity contribution < 1.29 is 4.74 Å². The molecule has 0 radical (unpaired) electrons. The van der Waals surface area contributed by atoms with Crippen molar-refractivity contribution in [1.29, 1.82) is 0 Å². The second kappa shape index (κ2) is 6.15. The molecule has 2 aliphatic rings. The average Bonchev–Trinajstić information content (AvgIpc) is 2.88. The van der Waals surface area contributed by atoms with Crippen LogP contribution in [-0.2, 0) is 6.54 Å². The van der Waals surface area contributed by atoms with Gasteiger partial charge in [0, 0.05) is 19.1 Å². The molecule has 20 heavy (non-hydrogen) atoms. The van der Waals surface area contributed by atoms with Gasteiger partial charge in [-0.2, -0.15) is 0 Å². The third-order valence-corrected chi connectivity index (χ3v) is 4.44. The molecular weight excluding hydrogens is 248 g/mol. The zero-order valence-corrected chi connectivity index (χ0v) is 12.6. The van der Waals surface area contributed by atoms with Crippen LogP contribution < -0.4 is 10.1 Å². The molecule has 110 valence electrons. The first-order chi connectivity index (χ1) is 9.70. The normalized spacial score (nSPS) is 26.8. The Bertz CT molecular complexity index is 429. The maximum Gasteiger partial charge on any atom is 0.119 e. The lowest BCUT2D eigenvalue weighted by Gasteiger charge is -2.34. The highest BCUT2D eigenvalue weighted by atomic mass is 16.5. The van der Waals surface area contributed by atoms with Gasteiger partial charge in [-0.05, 0) is 63.4 Å². The molecule has 2 unspecified atom stereocenters. The van der Waals surface area contributed by atoms with Crippen molar-refractivity contribution >= 4 is 0 Å². The van der Waals surface area contributed by atoms with Gasteiger partial charge < -0.3 is 10.1 Å². The van der Waals surface area contributed by atoms with Crippen molar-refractivity contribution in [3.63, 3.8) is 0 Å². The molecule has 3 nitrogen and oxygen atoms in total. The molecule has 2 aliphatic heterocycles. The fourth-order valence-corrected chi connectivity index (χ4v) is 3.47. The lowest BCUT2D eigenvalue weighted by atomic mass is 9.93. The molecule has 0 spiro atoms. The van der Waals surface area contributed by atoms with Crippen molar-refractivity contribution in [3.05, 3.63) is 29.8 Å². The Kier molecular flexibility index (Phi) is 4.27. The van der Waals surface area contributed by atoms with E-state index in [9.17, 15) is 0 Å². The van der Waals surface area contributed by atoms with Crippen LogP contribution in [0.5, 0.6) is 5.75 Å². The minimum Gasteiger partial charge on any atom is -0.491 e. The van der Waals surface area contributed by atoms with Gasteiger partial charge in [-0.15, -0.1) is 0 Å². The predicted molar refractivity (Wildman–Crippen MR) is 82.0 cm³/mol. The second-order valence-corrected chi connectivity index (χ2v) is 6.44. The number of hydrogen-bond acceptors (Lipinski definition) is 3. The zero-order chi connectivity index (χ0) is 13.9. The highest BCUT2D eigenvalue weighted by Crippen LogP contribution is 2.25. The Morgan fingerprint density at radius 3 is 2.80 bits per heavy atom. The Morgan fingerprint density at radius 2 is 2.05 bits per heavy atom. The Morgan fingerprint density at radius 1 is 1.25 bits per heavy atom. The average molecular weight is 274 g/mol. The number of nitrogens with one attached hydrogen (secondary N) is 1. The molecule has 2 atom stereocenters. The fourth-order valence-electron chi connectivity index (χ4n) is 3.47. The first-order valence-electron chi connectivity index (χ1n) is 7.92. The summed E-state index contributed by atoms with van der Waals surface area (Å²) in [6, 6.07) is 9.39. The van der Waals surface area contributed by atoms with E-state index in [2.05, 4.69) is 48.3 Å². The van der Waals surface area contributed by atoms with E-state index in [0.29, 0.717) is 0 Å². The van der Waals surface area contributed by atoms with Crippen LogP contribution >= 0.6 is 0 Å². The maximum absolute atomic E-state index is 5.69. The standard InChI is InChI=1S/C17H26N2O/c1-13(2)20-16-5-3-14(4-6-16)11-19-10-8-17-15(12-19)7-9-18-17/h3-6,13,15,17-18H,7-12H2,1-2H3. The van der Waals surface area contributed by atoms with Gasteiger partial charge in [0.05, 0.1) is 6.10 Å². The molecule has 0 amide bonds. The molecule has 2 heterocycles. The van der Waals surface area contributed by atoms with Crippen LogP contribution in [0.3, 0.4) is 0 Å². The van der Waals surface area contributed by atoms with Crippen molar-refractivity contribution in [3.8, 4) is 5.75 Å². The second-order valence-electron chi connectivity index (χ2n) is 6.44. The summed E-state index contributed by atoms with van der Waals surface area (Å²) in [5.41, 5.74) is 1.39. The lowest BCUT2D eigenvalue weighted by molar-refractivity contribution is 0.156. The molecule has 1 aromatic carbocycles. The van der Waals surface area contributed by atoms with Crippen LogP contribution in [0.1, 0.15) is 32.3 Å². The van der Waals surface area contributed by atoms with E-state index >= 15 is 0 Å². The summed E-state index contributed by atoms with van der Waals surface area (Å²) in [4.78, 5) is 2.60. The number of rotatable bonds is 4. The predicted octanol–water partition coefficient (Wildman–Crippen LogP) is 2.66.